The normalized spacial score (nSPS) is 10.9. The summed E-state index contributed by atoms with van der Waals surface area (Å²) < 4.78 is 35.1. The predicted molar refractivity (Wildman–Crippen MR) is 105 cm³/mol. The summed E-state index contributed by atoms with van der Waals surface area (Å²) in [7, 11) is 1.79. The van der Waals surface area contributed by atoms with Crippen LogP contribution in [0, 0.1) is 11.6 Å². The molecule has 0 atom stereocenters. The lowest BCUT2D eigenvalue weighted by molar-refractivity contribution is 0.0952. The van der Waals surface area contributed by atoms with Crippen molar-refractivity contribution in [2.45, 2.75) is 6.54 Å². The first-order valence-electron chi connectivity index (χ1n) is 8.90. The van der Waals surface area contributed by atoms with Gasteiger partial charge in [-0.15, -0.1) is 0 Å². The van der Waals surface area contributed by atoms with E-state index in [0.29, 0.717) is 22.3 Å². The van der Waals surface area contributed by atoms with Crippen molar-refractivity contribution in [3.8, 4) is 11.5 Å². The number of pyridine rings is 1. The standard InChI is InChI=1S/C22H17F2N3O2/c1-27-13-18(17-10-15(23)5-6-20(17)27)22(28)26-11-14-4-7-21(19(24)9-14)29-16-3-2-8-25-12-16/h2-10,12-13H,11H2,1H3,(H,26,28). The maximum absolute atomic E-state index is 14.3. The van der Waals surface area contributed by atoms with E-state index in [1.807, 2.05) is 0 Å². The van der Waals surface area contributed by atoms with E-state index in [0.717, 1.165) is 5.52 Å². The first-order valence-corrected chi connectivity index (χ1v) is 8.90. The van der Waals surface area contributed by atoms with Gasteiger partial charge in [-0.05, 0) is 48.0 Å². The minimum Gasteiger partial charge on any atom is -0.453 e. The molecule has 0 saturated carbocycles. The number of aromatic nitrogens is 2. The molecule has 0 unspecified atom stereocenters. The van der Waals surface area contributed by atoms with Crippen LogP contribution in [0.2, 0.25) is 0 Å². The lowest BCUT2D eigenvalue weighted by Crippen LogP contribution is -2.22. The Kier molecular flexibility index (Phi) is 4.95. The molecule has 0 saturated heterocycles. The van der Waals surface area contributed by atoms with E-state index in [1.54, 1.807) is 48.3 Å². The van der Waals surface area contributed by atoms with Crippen LogP contribution in [-0.4, -0.2) is 15.5 Å². The highest BCUT2D eigenvalue weighted by Gasteiger charge is 2.15. The maximum Gasteiger partial charge on any atom is 0.253 e. The fourth-order valence-corrected chi connectivity index (χ4v) is 3.09. The summed E-state index contributed by atoms with van der Waals surface area (Å²) in [6.45, 7) is 0.120. The first-order chi connectivity index (χ1) is 14.0. The van der Waals surface area contributed by atoms with E-state index in [-0.39, 0.29) is 18.2 Å². The Bertz CT molecular complexity index is 1190. The Morgan fingerprint density at radius 1 is 1.17 bits per heavy atom. The number of halogens is 2. The molecule has 2 aromatic carbocycles. The largest absolute Gasteiger partial charge is 0.453 e. The summed E-state index contributed by atoms with van der Waals surface area (Å²) in [6.07, 6.45) is 4.73. The van der Waals surface area contributed by atoms with E-state index < -0.39 is 11.6 Å². The average molecular weight is 393 g/mol. The SMILES string of the molecule is Cn1cc(C(=O)NCc2ccc(Oc3cccnc3)c(F)c2)c2cc(F)ccc21. The Hall–Kier alpha value is -3.74. The predicted octanol–water partition coefficient (Wildman–Crippen LogP) is 4.57. The quantitative estimate of drug-likeness (QED) is 0.540. The van der Waals surface area contributed by atoms with Crippen LogP contribution in [0.4, 0.5) is 8.78 Å². The molecule has 0 radical (unpaired) electrons. The van der Waals surface area contributed by atoms with Gasteiger partial charge in [-0.1, -0.05) is 6.07 Å². The minimum absolute atomic E-state index is 0.0672. The molecule has 0 aliphatic carbocycles. The third-order valence-electron chi connectivity index (χ3n) is 4.51. The summed E-state index contributed by atoms with van der Waals surface area (Å²) in [5.74, 6) is -0.831. The molecule has 4 aromatic rings. The van der Waals surface area contributed by atoms with Crippen LogP contribution in [0.15, 0.2) is 67.1 Å². The van der Waals surface area contributed by atoms with E-state index in [9.17, 15) is 13.6 Å². The molecule has 146 valence electrons. The zero-order valence-electron chi connectivity index (χ0n) is 15.5. The van der Waals surface area contributed by atoms with Gasteiger partial charge in [0.1, 0.15) is 11.6 Å². The van der Waals surface area contributed by atoms with Gasteiger partial charge in [-0.25, -0.2) is 8.78 Å². The van der Waals surface area contributed by atoms with E-state index in [4.69, 9.17) is 4.74 Å². The fraction of sp³-hybridized carbons (Fsp3) is 0.0909. The van der Waals surface area contributed by atoms with Crippen molar-refractivity contribution in [3.63, 3.8) is 0 Å². The molecule has 0 aliphatic heterocycles. The Labute approximate surface area is 165 Å². The third kappa shape index (κ3) is 3.94. The Morgan fingerprint density at radius 2 is 2.03 bits per heavy atom. The number of fused-ring (bicyclic) bond motifs is 1. The van der Waals surface area contributed by atoms with Gasteiger partial charge in [0.05, 0.1) is 11.8 Å². The number of hydrogen-bond acceptors (Lipinski definition) is 3. The van der Waals surface area contributed by atoms with Crippen molar-refractivity contribution in [3.05, 3.63) is 89.9 Å². The van der Waals surface area contributed by atoms with Crippen molar-refractivity contribution in [2.75, 3.05) is 0 Å². The number of carbonyl (C=O) groups is 1. The maximum atomic E-state index is 14.3. The summed E-state index contributed by atoms with van der Waals surface area (Å²) in [5, 5.41) is 3.27. The summed E-state index contributed by atoms with van der Waals surface area (Å²) in [4.78, 5) is 16.5. The molecular weight excluding hydrogens is 376 g/mol. The van der Waals surface area contributed by atoms with E-state index in [1.165, 1.54) is 30.5 Å². The highest BCUT2D eigenvalue weighted by Crippen LogP contribution is 2.25. The zero-order valence-corrected chi connectivity index (χ0v) is 15.5. The second-order valence-electron chi connectivity index (χ2n) is 6.55. The summed E-state index contributed by atoms with van der Waals surface area (Å²) in [6, 6.07) is 12.1. The van der Waals surface area contributed by atoms with Gasteiger partial charge < -0.3 is 14.6 Å². The van der Waals surface area contributed by atoms with Crippen LogP contribution in [0.25, 0.3) is 10.9 Å². The second-order valence-corrected chi connectivity index (χ2v) is 6.55. The second kappa shape index (κ2) is 7.71. The monoisotopic (exact) mass is 393 g/mol. The molecule has 0 bridgehead atoms. The smallest absolute Gasteiger partial charge is 0.253 e. The summed E-state index contributed by atoms with van der Waals surface area (Å²) >= 11 is 0. The fourth-order valence-electron chi connectivity index (χ4n) is 3.09. The first kappa shape index (κ1) is 18.6. The van der Waals surface area contributed by atoms with Gasteiger partial charge in [0.15, 0.2) is 11.6 Å². The molecule has 0 fully saturated rings. The Morgan fingerprint density at radius 3 is 2.79 bits per heavy atom. The molecule has 0 aliphatic rings. The molecule has 0 spiro atoms. The summed E-state index contributed by atoms with van der Waals surface area (Å²) in [5.41, 5.74) is 1.68. The van der Waals surface area contributed by atoms with Gasteiger partial charge in [0.25, 0.3) is 5.91 Å². The van der Waals surface area contributed by atoms with Crippen molar-refractivity contribution < 1.29 is 18.3 Å². The molecule has 7 heteroatoms. The van der Waals surface area contributed by atoms with Crippen LogP contribution in [0.3, 0.4) is 0 Å². The number of nitrogens with zero attached hydrogens (tertiary/aromatic N) is 2. The zero-order chi connectivity index (χ0) is 20.4. The van der Waals surface area contributed by atoms with Gasteiger partial charge in [-0.3, -0.25) is 9.78 Å². The molecule has 29 heavy (non-hydrogen) atoms. The lowest BCUT2D eigenvalue weighted by Gasteiger charge is -2.09. The third-order valence-corrected chi connectivity index (χ3v) is 4.51. The molecule has 2 aromatic heterocycles. The number of rotatable bonds is 5. The number of hydrogen-bond donors (Lipinski definition) is 1. The van der Waals surface area contributed by atoms with Crippen molar-refractivity contribution in [1.29, 1.82) is 0 Å². The van der Waals surface area contributed by atoms with E-state index >= 15 is 0 Å². The number of benzene rings is 2. The highest BCUT2D eigenvalue weighted by atomic mass is 19.1. The van der Waals surface area contributed by atoms with Crippen molar-refractivity contribution in [2.24, 2.45) is 7.05 Å². The number of amides is 1. The Balaban J connectivity index is 1.47. The highest BCUT2D eigenvalue weighted by molar-refractivity contribution is 6.07. The van der Waals surface area contributed by atoms with Gasteiger partial charge >= 0.3 is 0 Å². The van der Waals surface area contributed by atoms with Crippen LogP contribution < -0.4 is 10.1 Å². The number of ether oxygens (including phenoxy) is 1. The van der Waals surface area contributed by atoms with Gasteiger partial charge in [0.2, 0.25) is 0 Å². The van der Waals surface area contributed by atoms with Crippen LogP contribution in [-0.2, 0) is 13.6 Å². The van der Waals surface area contributed by atoms with E-state index in [2.05, 4.69) is 10.3 Å². The molecule has 5 nitrogen and oxygen atoms in total. The molecule has 1 N–H and O–H groups in total. The lowest BCUT2D eigenvalue weighted by atomic mass is 10.1. The van der Waals surface area contributed by atoms with Gasteiger partial charge in [-0.2, -0.15) is 0 Å². The molecule has 1 amide bonds. The molecule has 4 rings (SSSR count). The number of nitrogens with one attached hydrogen (secondary N) is 1. The van der Waals surface area contributed by atoms with Gasteiger partial charge in [0, 0.05) is 36.9 Å². The minimum atomic E-state index is -0.548. The molecule has 2 heterocycles. The average Bonchev–Trinajstić information content (AvgIpc) is 3.04. The van der Waals surface area contributed by atoms with Crippen LogP contribution in [0.5, 0.6) is 11.5 Å². The number of carbonyl (C=O) groups excluding carboxylic acids is 1. The van der Waals surface area contributed by atoms with Crippen molar-refractivity contribution >= 4 is 16.8 Å². The van der Waals surface area contributed by atoms with Crippen LogP contribution >= 0.6 is 0 Å². The van der Waals surface area contributed by atoms with Crippen LogP contribution in [0.1, 0.15) is 15.9 Å². The topological polar surface area (TPSA) is 56.2 Å². The number of aryl methyl sites for hydroxylation is 1. The van der Waals surface area contributed by atoms with Crippen molar-refractivity contribution in [1.82, 2.24) is 14.9 Å². The molecular formula is C22H17F2N3O2.